The lowest BCUT2D eigenvalue weighted by Crippen LogP contribution is -2.42. The molecule has 2 fully saturated rings. The minimum Gasteiger partial charge on any atom is -0.497 e. The maximum absolute atomic E-state index is 12.8. The number of nitriles is 5. The first-order valence-corrected chi connectivity index (χ1v) is 47.4. The molecule has 4 heterocycles. The van der Waals surface area contributed by atoms with Crippen LogP contribution >= 0.6 is 47.0 Å². The molecule has 0 saturated heterocycles. The monoisotopic (exact) mass is 1770 g/mol. The van der Waals surface area contributed by atoms with Gasteiger partial charge < -0.3 is 4.74 Å². The van der Waals surface area contributed by atoms with Gasteiger partial charge in [-0.25, -0.2) is 0 Å². The number of aryl methyl sites for hydroxylation is 5. The highest BCUT2D eigenvalue weighted by molar-refractivity contribution is 8.18. The highest BCUT2D eigenvalue weighted by atomic mass is 32.2. The molecule has 2 atom stereocenters. The van der Waals surface area contributed by atoms with Gasteiger partial charge >= 0.3 is 50.6 Å². The van der Waals surface area contributed by atoms with E-state index in [9.17, 15) is 67.9 Å². The van der Waals surface area contributed by atoms with Crippen molar-refractivity contribution in [3.63, 3.8) is 0 Å². The van der Waals surface area contributed by atoms with E-state index in [4.69, 9.17) is 22.9 Å². The van der Waals surface area contributed by atoms with Crippen molar-refractivity contribution in [1.29, 1.82) is 26.3 Å². The fourth-order valence-electron chi connectivity index (χ4n) is 12.6. The van der Waals surface area contributed by atoms with Crippen LogP contribution in [0.4, 0.5) is 0 Å². The van der Waals surface area contributed by atoms with E-state index in [0.717, 1.165) is 69.0 Å². The molecular weight excluding hydrogens is 1700 g/mol. The molecule has 2 saturated carbocycles. The normalized spacial score (nSPS) is 20.0. The number of ketones is 1. The lowest BCUT2D eigenvalue weighted by atomic mass is 9.70. The van der Waals surface area contributed by atoms with E-state index in [1.165, 1.54) is 66.3 Å². The van der Waals surface area contributed by atoms with Crippen molar-refractivity contribution in [3.8, 4) is 36.1 Å². The Morgan fingerprint density at radius 2 is 0.832 bits per heavy atom. The zero-order chi connectivity index (χ0) is 87.1. The van der Waals surface area contributed by atoms with Gasteiger partial charge in [0.05, 0.1) is 53.1 Å². The first-order chi connectivity index (χ1) is 56.4. The summed E-state index contributed by atoms with van der Waals surface area (Å²) >= 11 is 4.83. The van der Waals surface area contributed by atoms with Crippen LogP contribution < -0.4 is 4.74 Å². The van der Waals surface area contributed by atoms with Crippen LogP contribution in [0.5, 0.6) is 5.75 Å². The summed E-state index contributed by atoms with van der Waals surface area (Å²) in [5.74, 6) is 0.397. The summed E-state index contributed by atoms with van der Waals surface area (Å²) in [6, 6.07) is 53.2. The summed E-state index contributed by atoms with van der Waals surface area (Å²) in [6.07, 6.45) is 11.0. The average molecular weight is 1780 g/mol. The Balaban J connectivity index is 0.000000188. The van der Waals surface area contributed by atoms with Crippen LogP contribution in [0.15, 0.2) is 244 Å². The number of benzene rings is 6. The molecule has 0 amide bonds. The van der Waals surface area contributed by atoms with Gasteiger partial charge in [-0.3, -0.25) is 26.2 Å². The fourth-order valence-corrected chi connectivity index (χ4v) is 19.0. The molecule has 2 aliphatic carbocycles. The number of hydrogen-bond donors (Lipinski definition) is 0. The fraction of sp³-hybridized carbons (Fsp3) is 0.241. The van der Waals surface area contributed by atoms with Crippen molar-refractivity contribution in [2.75, 3.05) is 31.1 Å². The molecule has 0 aromatic heterocycles. The van der Waals surface area contributed by atoms with E-state index in [0.29, 0.717) is 95.3 Å². The summed E-state index contributed by atoms with van der Waals surface area (Å²) in [6.45, 7) is 15.2. The van der Waals surface area contributed by atoms with Crippen molar-refractivity contribution < 1.29 is 73.0 Å². The number of rotatable bonds is 21. The van der Waals surface area contributed by atoms with E-state index in [2.05, 4.69) is 58.6 Å². The molecule has 2 bridgehead atoms. The number of Topliss-reactive ketones (excluding diaryl/α,β-unsaturated/α-hetero) is 1. The largest absolute Gasteiger partial charge is 0.497 e. The van der Waals surface area contributed by atoms with Gasteiger partial charge in [-0.05, 0) is 192 Å². The quantitative estimate of drug-likeness (QED) is 0.0367. The van der Waals surface area contributed by atoms with E-state index >= 15 is 0 Å². The third-order valence-electron chi connectivity index (χ3n) is 18.8. The number of carbonyl (C=O) groups is 1. The molecule has 2 unspecified atom stereocenters. The van der Waals surface area contributed by atoms with Crippen molar-refractivity contribution >= 4 is 152 Å². The van der Waals surface area contributed by atoms with E-state index in [-0.39, 0.29) is 39.2 Å². The summed E-state index contributed by atoms with van der Waals surface area (Å²) in [7, 11) is -17.7. The number of thioether (sulfide) groups is 4. The van der Waals surface area contributed by atoms with E-state index in [1.54, 1.807) is 95.3 Å². The number of hydrogen-bond acceptors (Lipinski definition) is 31. The van der Waals surface area contributed by atoms with Crippen LogP contribution in [0.3, 0.4) is 0 Å². The van der Waals surface area contributed by atoms with Crippen LogP contribution in [-0.2, 0) is 76.8 Å². The van der Waals surface area contributed by atoms with Crippen LogP contribution in [0.2, 0.25) is 0 Å². The molecule has 12 rings (SSSR count). The Hall–Kier alpha value is -11.3. The van der Waals surface area contributed by atoms with Gasteiger partial charge in [-0.15, -0.1) is 0 Å². The maximum atomic E-state index is 12.8. The Bertz CT molecular complexity index is 6210. The first-order valence-electron chi connectivity index (χ1n) is 35.6. The maximum Gasteiger partial charge on any atom is 0.358 e. The van der Waals surface area contributed by atoms with Crippen LogP contribution in [0, 0.1) is 108 Å². The zero-order valence-electron chi connectivity index (χ0n) is 65.9. The van der Waals surface area contributed by atoms with Crippen LogP contribution in [-0.4, -0.2) is 105 Å². The molecule has 27 nitrogen and oxygen atoms in total. The summed E-state index contributed by atoms with van der Waals surface area (Å²) < 4.78 is 145. The Morgan fingerprint density at radius 1 is 0.471 bits per heavy atom. The van der Waals surface area contributed by atoms with Crippen molar-refractivity contribution in [1.82, 2.24) is 0 Å². The third kappa shape index (κ3) is 24.7. The lowest BCUT2D eigenvalue weighted by Gasteiger charge is -2.35. The molecule has 616 valence electrons. The molecule has 6 aliphatic rings. The predicted octanol–water partition coefficient (Wildman–Crippen LogP) is 16.5. The standard InChI is InChI=1S/C23H24N2O4S2.C20H16N2O3S2.C16H16N2O3S2.C14H12N2O3S2.C10H10N2O4S/c1-15-6-4-5-7-17(15)19(13-24)18-9-11-30-21(18)25-29-31(27,28)14-23-10-8-16(12-20(23)26)22(23,2)3;1-14-7-9-16(10-8-14)27(23,24)25-22-20-18(11-12-26-20)19(13-21)17-6-4-3-5-15(17)2;1-3-10-23(19,20)21-18-16-14(8-9-22-16)15(11-17)13-7-5-4-6-12(13)2;1-10-5-3-4-6-11(10)13(9-15)12-7-8-20-14(12)16-19-21(2,17)18;1-15-9-5-3-8(4-6-9)10(7-11)12-16-17(2,13)14/h4-7,9,11,16H,8,10,12,14H2,1-3H3;3-12H,1-2H3;4-9H,3,10H2,1-2H3;3-8H,1-2H3;3-6H,1-2H3/b19-18+,25-21-;19-18+,22-20-;15-14+,18-16-;13-12+,16-14-;12-10+. The minimum atomic E-state index is -4.08. The highest BCUT2D eigenvalue weighted by Crippen LogP contribution is 2.64. The molecule has 4 aliphatic heterocycles. The average Bonchev–Trinajstić information content (AvgIpc) is 1.55. The van der Waals surface area contributed by atoms with Gasteiger partial charge in [0.2, 0.25) is 0 Å². The van der Waals surface area contributed by atoms with Crippen LogP contribution in [0.25, 0.3) is 22.3 Å². The third-order valence-corrected chi connectivity index (χ3v) is 26.1. The summed E-state index contributed by atoms with van der Waals surface area (Å²) in [5.41, 5.74) is 10.8. The summed E-state index contributed by atoms with van der Waals surface area (Å²) in [4.78, 5) is 12.7. The molecule has 6 aromatic carbocycles. The number of fused-ring (bicyclic) bond motifs is 2. The number of allylic oxidation sites excluding steroid dienone is 8. The summed E-state index contributed by atoms with van der Waals surface area (Å²) in [5, 5.41) is 73.8. The van der Waals surface area contributed by atoms with Crippen molar-refractivity contribution in [2.24, 2.45) is 42.5 Å². The van der Waals surface area contributed by atoms with Crippen molar-refractivity contribution in [3.05, 3.63) is 269 Å². The number of methoxy groups -OCH3 is 1. The van der Waals surface area contributed by atoms with E-state index in [1.807, 2.05) is 146 Å². The molecule has 36 heteroatoms. The van der Waals surface area contributed by atoms with Gasteiger partial charge in [0.1, 0.15) is 72.7 Å². The van der Waals surface area contributed by atoms with E-state index < -0.39 is 56.0 Å². The Kier molecular flexibility index (Phi) is 32.4. The molecule has 0 spiro atoms. The topological polar surface area (TPSA) is 424 Å². The lowest BCUT2D eigenvalue weighted by molar-refractivity contribution is -0.128. The van der Waals surface area contributed by atoms with Gasteiger partial charge in [0.15, 0.2) is 5.71 Å². The van der Waals surface area contributed by atoms with Crippen LogP contribution in [0.1, 0.15) is 102 Å². The second-order valence-electron chi connectivity index (χ2n) is 27.1. The predicted molar refractivity (Wildman–Crippen MR) is 467 cm³/mol. The molecule has 0 N–H and O–H groups in total. The van der Waals surface area contributed by atoms with Gasteiger partial charge in [0, 0.05) is 34.3 Å². The molecule has 119 heavy (non-hydrogen) atoms. The molecule has 6 aromatic rings. The molecular formula is C83H78N10O17S9. The smallest absolute Gasteiger partial charge is 0.358 e. The number of oxime groups is 5. The second kappa shape index (κ2) is 41.4. The Morgan fingerprint density at radius 3 is 1.15 bits per heavy atom. The SMILES string of the molecule is CCCS(=O)(=O)O/N=C1\SC=C\C1=C(\C#N)c1ccccc1C.COc1ccc(/C(C#N)=N/OS(C)(=O)=O)cc1.Cc1ccc(S(=O)(=O)O/N=C2\SC=C\C2=C(\C#N)c2ccccc2C)cc1.Cc1ccccc1/C(C#N)=C1\C=CS\C1=N/OS(=O)(=O)CC12CCC(CC1=O)C2(C)C.Cc1ccccc1/C(C#N)=C1\C=CS\C1=N/OS(C)(=O)=O. The number of carbonyl (C=O) groups excluding carboxylic acids is 1. The minimum absolute atomic E-state index is 0.0115. The van der Waals surface area contributed by atoms with Crippen molar-refractivity contribution in [2.45, 2.75) is 86.0 Å². The number of ether oxygens (including phenoxy) is 1. The van der Waals surface area contributed by atoms with Gasteiger partial charge in [-0.1, -0.05) is 208 Å². The van der Waals surface area contributed by atoms with Gasteiger partial charge in [0.25, 0.3) is 0 Å². The second-order valence-corrected chi connectivity index (χ2v) is 38.5. The molecule has 0 radical (unpaired) electrons. The zero-order valence-corrected chi connectivity index (χ0v) is 73.2. The first kappa shape index (κ1) is 93.2. The number of nitrogens with zero attached hydrogens (tertiary/aromatic N) is 10. The Labute approximate surface area is 710 Å². The highest BCUT2D eigenvalue weighted by Gasteiger charge is 2.65. The van der Waals surface area contributed by atoms with Gasteiger partial charge in [-0.2, -0.15) is 68.4 Å².